The monoisotopic (exact) mass is 342 g/mol. The Morgan fingerprint density at radius 2 is 2.26 bits per heavy atom. The van der Waals surface area contributed by atoms with Gasteiger partial charge in [0.1, 0.15) is 11.5 Å². The summed E-state index contributed by atoms with van der Waals surface area (Å²) in [6.45, 7) is 3.48. The summed E-state index contributed by atoms with van der Waals surface area (Å²) in [7, 11) is 0. The topological polar surface area (TPSA) is 167 Å². The highest BCUT2D eigenvalue weighted by atomic mass is 32.2. The van der Waals surface area contributed by atoms with Gasteiger partial charge < -0.3 is 21.9 Å². The summed E-state index contributed by atoms with van der Waals surface area (Å²) in [4.78, 5) is 29.5. The number of nitrogens with zero attached hydrogens (tertiary/aromatic N) is 3. The molecule has 0 spiro atoms. The zero-order valence-corrected chi connectivity index (χ0v) is 13.0. The summed E-state index contributed by atoms with van der Waals surface area (Å²) in [5.74, 6) is -0.376. The fourth-order valence-electron chi connectivity index (χ4n) is 1.69. The predicted molar refractivity (Wildman–Crippen MR) is 86.4 cm³/mol. The van der Waals surface area contributed by atoms with E-state index in [-0.39, 0.29) is 23.7 Å². The van der Waals surface area contributed by atoms with Gasteiger partial charge in [-0.05, 0) is 12.8 Å². The quantitative estimate of drug-likeness (QED) is 0.168. The SMILES string of the molecule is C=C/N=C1/NC(SCCC[C@@H](C(=O)O)N(O)C=O)=NC1=C(N)N. The maximum absolute atomic E-state index is 10.9. The van der Waals surface area contributed by atoms with Gasteiger partial charge in [0.2, 0.25) is 6.41 Å². The smallest absolute Gasteiger partial charge is 0.329 e. The molecule has 0 saturated carbocycles. The van der Waals surface area contributed by atoms with E-state index < -0.39 is 12.0 Å². The van der Waals surface area contributed by atoms with E-state index in [4.69, 9.17) is 16.6 Å². The summed E-state index contributed by atoms with van der Waals surface area (Å²) in [6, 6.07) is -1.28. The summed E-state index contributed by atoms with van der Waals surface area (Å²) in [5, 5.41) is 21.6. The standard InChI is InChI=1S/C12H18N6O4S/c1-2-15-10-8(9(13)14)16-12(17-10)23-5-3-4-7(11(20)21)18(22)6-19/h2,6-7,22H,1,3-5,13-14H2,(H,20,21)(H,15,16,17)/t7-/m0/s1. The maximum Gasteiger partial charge on any atom is 0.329 e. The van der Waals surface area contributed by atoms with Gasteiger partial charge in [0, 0.05) is 12.0 Å². The van der Waals surface area contributed by atoms with Gasteiger partial charge in [-0.1, -0.05) is 18.3 Å². The first-order chi connectivity index (χ1) is 10.9. The number of thioether (sulfide) groups is 1. The zero-order chi connectivity index (χ0) is 17.4. The lowest BCUT2D eigenvalue weighted by Gasteiger charge is -2.17. The first-order valence-corrected chi connectivity index (χ1v) is 7.47. The highest BCUT2D eigenvalue weighted by Gasteiger charge is 2.24. The number of hydrogen-bond donors (Lipinski definition) is 5. The number of nitrogens with one attached hydrogen (secondary N) is 1. The summed E-state index contributed by atoms with van der Waals surface area (Å²) < 4.78 is 0. The number of aliphatic imine (C=N–C) groups is 2. The second-order valence-corrected chi connectivity index (χ2v) is 5.42. The van der Waals surface area contributed by atoms with Crippen molar-refractivity contribution < 1.29 is 19.9 Å². The van der Waals surface area contributed by atoms with Crippen molar-refractivity contribution in [3.8, 4) is 0 Å². The van der Waals surface area contributed by atoms with Crippen molar-refractivity contribution in [2.24, 2.45) is 21.5 Å². The van der Waals surface area contributed by atoms with Crippen LogP contribution in [-0.4, -0.2) is 50.6 Å². The van der Waals surface area contributed by atoms with Gasteiger partial charge in [0.05, 0.1) is 0 Å². The number of hydrogen-bond acceptors (Lipinski definition) is 8. The van der Waals surface area contributed by atoms with E-state index >= 15 is 0 Å². The van der Waals surface area contributed by atoms with Crippen molar-refractivity contribution in [2.75, 3.05) is 5.75 Å². The van der Waals surface area contributed by atoms with Crippen LogP contribution in [0.25, 0.3) is 0 Å². The number of carboxylic acid groups (broad SMARTS) is 1. The molecule has 0 aromatic heterocycles. The van der Waals surface area contributed by atoms with Crippen LogP contribution in [0.5, 0.6) is 0 Å². The molecule has 1 aliphatic rings. The van der Waals surface area contributed by atoms with Gasteiger partial charge in [-0.25, -0.2) is 19.8 Å². The van der Waals surface area contributed by atoms with Crippen LogP contribution >= 0.6 is 11.8 Å². The van der Waals surface area contributed by atoms with E-state index in [0.29, 0.717) is 28.9 Å². The maximum atomic E-state index is 10.9. The Bertz CT molecular complexity index is 570. The van der Waals surface area contributed by atoms with Gasteiger partial charge >= 0.3 is 5.97 Å². The molecule has 1 aliphatic heterocycles. The van der Waals surface area contributed by atoms with E-state index in [1.54, 1.807) is 0 Å². The first-order valence-electron chi connectivity index (χ1n) is 6.48. The molecule has 7 N–H and O–H groups in total. The highest BCUT2D eigenvalue weighted by Crippen LogP contribution is 2.17. The molecule has 0 aromatic rings. The first kappa shape index (κ1) is 18.5. The average molecular weight is 342 g/mol. The van der Waals surface area contributed by atoms with Gasteiger partial charge in [-0.3, -0.25) is 10.0 Å². The number of carbonyl (C=O) groups excluding carboxylic acids is 1. The fourth-order valence-corrected chi connectivity index (χ4v) is 2.51. The second-order valence-electron chi connectivity index (χ2n) is 4.34. The average Bonchev–Trinajstić information content (AvgIpc) is 2.89. The number of hydroxylamine groups is 2. The van der Waals surface area contributed by atoms with E-state index in [0.717, 1.165) is 0 Å². The van der Waals surface area contributed by atoms with Gasteiger partial charge in [0.25, 0.3) is 0 Å². The van der Waals surface area contributed by atoms with Crippen LogP contribution in [0, 0.1) is 0 Å². The fraction of sp³-hybridized carbons (Fsp3) is 0.333. The van der Waals surface area contributed by atoms with Crippen molar-refractivity contribution in [1.82, 2.24) is 10.4 Å². The van der Waals surface area contributed by atoms with E-state index in [1.165, 1.54) is 18.0 Å². The number of nitrogens with two attached hydrogens (primary N) is 2. The minimum absolute atomic E-state index is 0.0153. The van der Waals surface area contributed by atoms with E-state index in [1.807, 2.05) is 0 Å². The van der Waals surface area contributed by atoms with E-state index in [9.17, 15) is 14.8 Å². The third kappa shape index (κ3) is 5.30. The third-order valence-corrected chi connectivity index (χ3v) is 3.69. The van der Waals surface area contributed by atoms with Crippen molar-refractivity contribution in [1.29, 1.82) is 0 Å². The lowest BCUT2D eigenvalue weighted by atomic mass is 10.2. The molecule has 1 heterocycles. The van der Waals surface area contributed by atoms with Gasteiger partial charge in [-0.15, -0.1) is 0 Å². The van der Waals surface area contributed by atoms with Crippen LogP contribution in [0.2, 0.25) is 0 Å². The van der Waals surface area contributed by atoms with Crippen LogP contribution < -0.4 is 16.8 Å². The summed E-state index contributed by atoms with van der Waals surface area (Å²) in [6.07, 6.45) is 1.91. The minimum Gasteiger partial charge on any atom is -0.480 e. The van der Waals surface area contributed by atoms with E-state index in [2.05, 4.69) is 21.9 Å². The van der Waals surface area contributed by atoms with Crippen molar-refractivity contribution in [2.45, 2.75) is 18.9 Å². The Morgan fingerprint density at radius 1 is 1.57 bits per heavy atom. The van der Waals surface area contributed by atoms with Crippen molar-refractivity contribution in [3.05, 3.63) is 24.3 Å². The molecular weight excluding hydrogens is 324 g/mol. The molecule has 0 bridgehead atoms. The molecule has 1 amide bonds. The lowest BCUT2D eigenvalue weighted by Crippen LogP contribution is -2.38. The van der Waals surface area contributed by atoms with Crippen LogP contribution in [0.4, 0.5) is 0 Å². The Labute approximate surface area is 136 Å². The third-order valence-electron chi connectivity index (χ3n) is 2.73. The van der Waals surface area contributed by atoms with Crippen LogP contribution in [0.15, 0.2) is 34.3 Å². The molecule has 0 fully saturated rings. The van der Waals surface area contributed by atoms with Crippen LogP contribution in [0.1, 0.15) is 12.8 Å². The number of aliphatic carboxylic acids is 1. The lowest BCUT2D eigenvalue weighted by molar-refractivity contribution is -0.175. The molecule has 10 nitrogen and oxygen atoms in total. The van der Waals surface area contributed by atoms with Crippen molar-refractivity contribution in [3.63, 3.8) is 0 Å². The number of carboxylic acids is 1. The van der Waals surface area contributed by atoms with Crippen LogP contribution in [0.3, 0.4) is 0 Å². The van der Waals surface area contributed by atoms with Gasteiger partial charge in [0.15, 0.2) is 17.0 Å². The molecule has 0 saturated heterocycles. The number of amidine groups is 2. The molecule has 0 radical (unpaired) electrons. The Morgan fingerprint density at radius 3 is 2.78 bits per heavy atom. The largest absolute Gasteiger partial charge is 0.480 e. The zero-order valence-electron chi connectivity index (χ0n) is 12.2. The minimum atomic E-state index is -1.28. The molecule has 23 heavy (non-hydrogen) atoms. The second kappa shape index (κ2) is 8.80. The van der Waals surface area contributed by atoms with Gasteiger partial charge in [-0.2, -0.15) is 0 Å². The Balaban J connectivity index is 2.54. The highest BCUT2D eigenvalue weighted by molar-refractivity contribution is 8.13. The summed E-state index contributed by atoms with van der Waals surface area (Å²) >= 11 is 1.30. The summed E-state index contributed by atoms with van der Waals surface area (Å²) in [5.41, 5.74) is 11.3. The molecule has 0 aromatic carbocycles. The Kier molecular flexibility index (Phi) is 7.09. The molecule has 126 valence electrons. The number of carbonyl (C=O) groups is 2. The van der Waals surface area contributed by atoms with Crippen molar-refractivity contribution >= 4 is 35.1 Å². The molecule has 11 heteroatoms. The molecular formula is C12H18N6O4S. The molecule has 0 unspecified atom stereocenters. The molecule has 0 aliphatic carbocycles. The Hall–Kier alpha value is -2.53. The van der Waals surface area contributed by atoms with Crippen LogP contribution in [-0.2, 0) is 9.59 Å². The predicted octanol–water partition coefficient (Wildman–Crippen LogP) is -0.612. The molecule has 1 atom stereocenters. The normalized spacial score (nSPS) is 16.5. The number of amides is 1. The molecule has 1 rings (SSSR count). The number of rotatable bonds is 8.